The van der Waals surface area contributed by atoms with Crippen molar-refractivity contribution >= 4 is 29.6 Å². The molecule has 1 aliphatic carbocycles. The van der Waals surface area contributed by atoms with Gasteiger partial charge in [0.2, 0.25) is 11.8 Å². The second-order valence-electron chi connectivity index (χ2n) is 4.98. The lowest BCUT2D eigenvalue weighted by molar-refractivity contribution is -0.152. The van der Waals surface area contributed by atoms with E-state index >= 15 is 0 Å². The smallest absolute Gasteiger partial charge is 0.244 e. The van der Waals surface area contributed by atoms with Crippen molar-refractivity contribution in [3.63, 3.8) is 0 Å². The van der Waals surface area contributed by atoms with Gasteiger partial charge in [-0.2, -0.15) is 5.26 Å². The van der Waals surface area contributed by atoms with Crippen molar-refractivity contribution in [3.8, 4) is 6.07 Å². The fraction of sp³-hybridized carbons (Fsp3) is 0.667. The Bertz CT molecular complexity index is 449. The number of nitriles is 1. The Morgan fingerprint density at radius 2 is 1.89 bits per heavy atom. The number of hydrogen-bond donors (Lipinski definition) is 2. The Hall–Kier alpha value is -1.35. The van der Waals surface area contributed by atoms with Crippen molar-refractivity contribution in [3.05, 3.63) is 0 Å². The van der Waals surface area contributed by atoms with Crippen LogP contribution in [0.3, 0.4) is 0 Å². The van der Waals surface area contributed by atoms with Crippen LogP contribution >= 0.6 is 12.6 Å². The molecule has 1 saturated heterocycles. The van der Waals surface area contributed by atoms with Gasteiger partial charge >= 0.3 is 0 Å². The van der Waals surface area contributed by atoms with Crippen molar-refractivity contribution in [2.75, 3.05) is 0 Å². The molecule has 2 rings (SSSR count). The lowest BCUT2D eigenvalue weighted by Gasteiger charge is -2.46. The summed E-state index contributed by atoms with van der Waals surface area (Å²) in [6.45, 7) is 0. The number of piperidine rings is 1. The van der Waals surface area contributed by atoms with Crippen LogP contribution in [0.15, 0.2) is 0 Å². The quantitative estimate of drug-likeness (QED) is 0.417. The summed E-state index contributed by atoms with van der Waals surface area (Å²) in [7, 11) is 0. The number of hydrogen-bond acceptors (Lipinski definition) is 4. The van der Waals surface area contributed by atoms with Gasteiger partial charge in [0.05, 0.1) is 6.07 Å². The number of carbonyl (C=O) groups excluding carboxylic acids is 3. The van der Waals surface area contributed by atoms with Gasteiger partial charge in [-0.1, -0.05) is 19.3 Å². The number of amides is 2. The van der Waals surface area contributed by atoms with Gasteiger partial charge in [-0.05, 0) is 12.8 Å². The standard InChI is InChI=1S/C12H14N2O3S/c13-6-7-9(15)14-10(16)8(11(17)18)12(7)4-2-1-3-5-12/h7-8H,1-5H2,(H,17,18)(H,14,15,16)/t7-,8+/m0/s1. The van der Waals surface area contributed by atoms with Gasteiger partial charge in [0.15, 0.2) is 5.12 Å². The average molecular weight is 266 g/mol. The third kappa shape index (κ3) is 1.83. The van der Waals surface area contributed by atoms with E-state index in [1.165, 1.54) is 0 Å². The molecule has 0 aromatic rings. The molecule has 2 fully saturated rings. The highest BCUT2D eigenvalue weighted by atomic mass is 32.1. The van der Waals surface area contributed by atoms with Crippen LogP contribution in [0.25, 0.3) is 0 Å². The molecule has 0 radical (unpaired) electrons. The molecule has 0 unspecified atom stereocenters. The zero-order chi connectivity index (χ0) is 13.3. The Labute approximate surface area is 110 Å². The third-order valence-corrected chi connectivity index (χ3v) is 4.34. The van der Waals surface area contributed by atoms with E-state index in [9.17, 15) is 19.6 Å². The molecule has 0 aromatic heterocycles. The summed E-state index contributed by atoms with van der Waals surface area (Å²) in [5, 5.41) is 10.8. The van der Waals surface area contributed by atoms with Gasteiger partial charge in [-0.3, -0.25) is 19.7 Å². The summed E-state index contributed by atoms with van der Waals surface area (Å²) < 4.78 is 0. The number of nitrogens with one attached hydrogen (secondary N) is 1. The van der Waals surface area contributed by atoms with E-state index in [0.717, 1.165) is 19.3 Å². The zero-order valence-electron chi connectivity index (χ0n) is 9.81. The number of thiol groups is 1. The molecule has 2 amide bonds. The fourth-order valence-electron chi connectivity index (χ4n) is 3.29. The predicted molar refractivity (Wildman–Crippen MR) is 65.3 cm³/mol. The maximum Gasteiger partial charge on any atom is 0.244 e. The van der Waals surface area contributed by atoms with E-state index in [-0.39, 0.29) is 0 Å². The molecule has 0 aromatic carbocycles. The Balaban J connectivity index is 2.49. The Kier molecular flexibility index (Phi) is 3.44. The third-order valence-electron chi connectivity index (χ3n) is 4.08. The van der Waals surface area contributed by atoms with Crippen molar-refractivity contribution in [2.45, 2.75) is 32.1 Å². The number of rotatable bonds is 1. The van der Waals surface area contributed by atoms with Crippen LogP contribution in [0.1, 0.15) is 32.1 Å². The van der Waals surface area contributed by atoms with Crippen LogP contribution < -0.4 is 5.32 Å². The number of imide groups is 1. The predicted octanol–water partition coefficient (Wildman–Crippen LogP) is 0.806. The highest BCUT2D eigenvalue weighted by molar-refractivity contribution is 7.96. The summed E-state index contributed by atoms with van der Waals surface area (Å²) in [4.78, 5) is 35.3. The largest absolute Gasteiger partial charge is 0.295 e. The number of nitrogens with zero attached hydrogens (tertiary/aromatic N) is 1. The first-order chi connectivity index (χ1) is 8.53. The molecular formula is C12H14N2O3S. The van der Waals surface area contributed by atoms with E-state index < -0.39 is 34.2 Å². The summed E-state index contributed by atoms with van der Waals surface area (Å²) in [6, 6.07) is 1.97. The summed E-state index contributed by atoms with van der Waals surface area (Å²) in [5.41, 5.74) is -0.842. The molecule has 1 aliphatic heterocycles. The van der Waals surface area contributed by atoms with E-state index in [1.807, 2.05) is 6.07 Å². The molecule has 1 N–H and O–H groups in total. The van der Waals surface area contributed by atoms with Gasteiger partial charge in [0.1, 0.15) is 11.8 Å². The lowest BCUT2D eigenvalue weighted by atomic mass is 9.57. The molecule has 1 heterocycles. The van der Waals surface area contributed by atoms with Gasteiger partial charge in [0.25, 0.3) is 0 Å². The fourth-order valence-corrected chi connectivity index (χ4v) is 3.66. The molecule has 1 spiro atoms. The average Bonchev–Trinajstić information content (AvgIpc) is 2.29. The summed E-state index contributed by atoms with van der Waals surface area (Å²) >= 11 is 3.77. The first-order valence-electron chi connectivity index (χ1n) is 6.00. The Morgan fingerprint density at radius 1 is 1.28 bits per heavy atom. The SMILES string of the molecule is N#C[C@H]1C(=O)NC(=O)[C@H](C(=O)S)C12CCCCC2. The van der Waals surface area contributed by atoms with Crippen molar-refractivity contribution in [1.82, 2.24) is 5.32 Å². The van der Waals surface area contributed by atoms with Crippen molar-refractivity contribution < 1.29 is 14.4 Å². The van der Waals surface area contributed by atoms with Crippen LogP contribution in [-0.4, -0.2) is 16.9 Å². The highest BCUT2D eigenvalue weighted by Crippen LogP contribution is 2.50. The van der Waals surface area contributed by atoms with Gasteiger partial charge in [0, 0.05) is 5.41 Å². The maximum absolute atomic E-state index is 11.9. The van der Waals surface area contributed by atoms with Crippen molar-refractivity contribution in [1.29, 1.82) is 5.26 Å². The van der Waals surface area contributed by atoms with Crippen LogP contribution in [0.5, 0.6) is 0 Å². The molecule has 18 heavy (non-hydrogen) atoms. The lowest BCUT2D eigenvalue weighted by Crippen LogP contribution is -2.60. The molecule has 5 nitrogen and oxygen atoms in total. The maximum atomic E-state index is 11.9. The van der Waals surface area contributed by atoms with E-state index in [2.05, 4.69) is 17.9 Å². The zero-order valence-corrected chi connectivity index (χ0v) is 10.7. The topological polar surface area (TPSA) is 87.0 Å². The van der Waals surface area contributed by atoms with Crippen molar-refractivity contribution in [2.24, 2.45) is 17.3 Å². The molecular weight excluding hydrogens is 252 g/mol. The van der Waals surface area contributed by atoms with E-state index in [4.69, 9.17) is 0 Å². The molecule has 2 atom stereocenters. The minimum atomic E-state index is -0.983. The second-order valence-corrected chi connectivity index (χ2v) is 5.42. The molecule has 6 heteroatoms. The number of carbonyl (C=O) groups is 3. The van der Waals surface area contributed by atoms with E-state index in [0.29, 0.717) is 12.8 Å². The monoisotopic (exact) mass is 266 g/mol. The molecule has 1 saturated carbocycles. The Morgan fingerprint density at radius 3 is 2.39 bits per heavy atom. The molecule has 0 bridgehead atoms. The minimum Gasteiger partial charge on any atom is -0.295 e. The van der Waals surface area contributed by atoms with Crippen LogP contribution in [0, 0.1) is 28.6 Å². The minimum absolute atomic E-state index is 0.554. The molecule has 96 valence electrons. The first kappa shape index (κ1) is 13.1. The van der Waals surface area contributed by atoms with Crippen LogP contribution in [0.4, 0.5) is 0 Å². The summed E-state index contributed by atoms with van der Waals surface area (Å²) in [5.74, 6) is -3.09. The molecule has 2 aliphatic rings. The van der Waals surface area contributed by atoms with Gasteiger partial charge in [-0.15, -0.1) is 12.6 Å². The van der Waals surface area contributed by atoms with Crippen LogP contribution in [-0.2, 0) is 14.4 Å². The normalized spacial score (nSPS) is 30.7. The first-order valence-corrected chi connectivity index (χ1v) is 6.45. The highest BCUT2D eigenvalue weighted by Gasteiger charge is 2.57. The van der Waals surface area contributed by atoms with Crippen LogP contribution in [0.2, 0.25) is 0 Å². The van der Waals surface area contributed by atoms with Gasteiger partial charge in [-0.25, -0.2) is 0 Å². The van der Waals surface area contributed by atoms with E-state index in [1.54, 1.807) is 0 Å². The second kappa shape index (κ2) is 4.73. The summed E-state index contributed by atoms with van der Waals surface area (Å²) in [6.07, 6.45) is 3.78. The van der Waals surface area contributed by atoms with Gasteiger partial charge < -0.3 is 0 Å².